The fraction of sp³-hybridized carbons (Fsp3) is 0.667. The molecule has 3 heteroatoms. The third kappa shape index (κ3) is 4.07. The first-order valence-electron chi connectivity index (χ1n) is 7.12. The monoisotopic (exact) mass is 247 g/mol. The van der Waals surface area contributed by atoms with Gasteiger partial charge in [-0.25, -0.2) is 0 Å². The van der Waals surface area contributed by atoms with Gasteiger partial charge in [0.1, 0.15) is 0 Å². The van der Waals surface area contributed by atoms with Gasteiger partial charge in [-0.05, 0) is 31.9 Å². The van der Waals surface area contributed by atoms with Gasteiger partial charge in [-0.15, -0.1) is 0 Å². The van der Waals surface area contributed by atoms with E-state index in [4.69, 9.17) is 0 Å². The van der Waals surface area contributed by atoms with E-state index in [1.165, 1.54) is 44.7 Å². The van der Waals surface area contributed by atoms with Crippen molar-refractivity contribution in [1.82, 2.24) is 9.80 Å². The summed E-state index contributed by atoms with van der Waals surface area (Å²) in [5, 5.41) is 0. The van der Waals surface area contributed by atoms with Gasteiger partial charge in [-0.3, -0.25) is 9.89 Å². The molecular formula is C15H25N3. The summed E-state index contributed by atoms with van der Waals surface area (Å²) in [6.45, 7) is 11.5. The van der Waals surface area contributed by atoms with Gasteiger partial charge >= 0.3 is 0 Å². The zero-order chi connectivity index (χ0) is 12.8. The van der Waals surface area contributed by atoms with Crippen molar-refractivity contribution in [2.75, 3.05) is 39.3 Å². The third-order valence-corrected chi connectivity index (χ3v) is 3.64. The molecule has 0 aromatic rings. The molecule has 0 aliphatic carbocycles. The molecule has 2 aliphatic rings. The molecule has 0 radical (unpaired) electrons. The molecule has 0 bridgehead atoms. The highest BCUT2D eigenvalue weighted by Crippen LogP contribution is 2.10. The van der Waals surface area contributed by atoms with Gasteiger partial charge in [0.05, 0.1) is 0 Å². The highest BCUT2D eigenvalue weighted by atomic mass is 15.3. The number of rotatable bonds is 4. The molecule has 100 valence electrons. The second-order valence-corrected chi connectivity index (χ2v) is 5.24. The van der Waals surface area contributed by atoms with Crippen LogP contribution in [0.4, 0.5) is 0 Å². The molecule has 2 heterocycles. The summed E-state index contributed by atoms with van der Waals surface area (Å²) in [6, 6.07) is 0. The van der Waals surface area contributed by atoms with Gasteiger partial charge in [0.2, 0.25) is 0 Å². The van der Waals surface area contributed by atoms with E-state index >= 15 is 0 Å². The minimum absolute atomic E-state index is 1.02. The summed E-state index contributed by atoms with van der Waals surface area (Å²) in [5.41, 5.74) is 2.50. The summed E-state index contributed by atoms with van der Waals surface area (Å²) in [5.74, 6) is 0. The van der Waals surface area contributed by atoms with Crippen molar-refractivity contribution in [3.8, 4) is 0 Å². The number of nitrogens with zero attached hydrogens (tertiary/aromatic N) is 3. The lowest BCUT2D eigenvalue weighted by Crippen LogP contribution is -2.47. The minimum Gasteiger partial charge on any atom is -0.301 e. The summed E-state index contributed by atoms with van der Waals surface area (Å²) >= 11 is 0. The second kappa shape index (κ2) is 6.86. The van der Waals surface area contributed by atoms with Crippen LogP contribution in [-0.2, 0) is 0 Å². The van der Waals surface area contributed by atoms with E-state index < -0.39 is 0 Å². The number of aliphatic imine (C=N–C) groups is 1. The van der Waals surface area contributed by atoms with Crippen LogP contribution in [0.1, 0.15) is 26.7 Å². The Balaban J connectivity index is 1.78. The van der Waals surface area contributed by atoms with Crippen LogP contribution in [0.2, 0.25) is 0 Å². The Labute approximate surface area is 111 Å². The Morgan fingerprint density at radius 3 is 2.56 bits per heavy atom. The van der Waals surface area contributed by atoms with Gasteiger partial charge in [-0.2, -0.15) is 0 Å². The fourth-order valence-corrected chi connectivity index (χ4v) is 2.52. The van der Waals surface area contributed by atoms with Crippen LogP contribution in [-0.4, -0.2) is 55.3 Å². The van der Waals surface area contributed by atoms with Crippen LogP contribution < -0.4 is 0 Å². The van der Waals surface area contributed by atoms with Crippen molar-refractivity contribution < 1.29 is 0 Å². The predicted molar refractivity (Wildman–Crippen MR) is 78.1 cm³/mol. The molecule has 0 spiro atoms. The second-order valence-electron chi connectivity index (χ2n) is 5.24. The molecule has 1 saturated heterocycles. The van der Waals surface area contributed by atoms with Crippen molar-refractivity contribution in [1.29, 1.82) is 0 Å². The molecule has 0 atom stereocenters. The molecule has 0 aromatic carbocycles. The van der Waals surface area contributed by atoms with Gasteiger partial charge < -0.3 is 4.90 Å². The van der Waals surface area contributed by atoms with Crippen molar-refractivity contribution in [3.05, 3.63) is 23.4 Å². The van der Waals surface area contributed by atoms with Crippen LogP contribution in [0.3, 0.4) is 0 Å². The third-order valence-electron chi connectivity index (χ3n) is 3.64. The molecule has 18 heavy (non-hydrogen) atoms. The average Bonchev–Trinajstić information content (AvgIpc) is 2.57. The standard InChI is InChI=1S/C15H25N3/c1-3-7-17-8-10-18(11-9-17)13-15-6-4-5-14(2)16-12-15/h5-6,12H,3-4,7-11,13H2,1-2H3. The van der Waals surface area contributed by atoms with Gasteiger partial charge in [-0.1, -0.05) is 19.1 Å². The minimum atomic E-state index is 1.02. The lowest BCUT2D eigenvalue weighted by Gasteiger charge is -2.34. The maximum absolute atomic E-state index is 4.45. The number of allylic oxidation sites excluding steroid dienone is 3. The van der Waals surface area contributed by atoms with Crippen LogP contribution in [0.5, 0.6) is 0 Å². The van der Waals surface area contributed by atoms with E-state index in [-0.39, 0.29) is 0 Å². The van der Waals surface area contributed by atoms with Gasteiger partial charge in [0.25, 0.3) is 0 Å². The quantitative estimate of drug-likeness (QED) is 0.759. The molecule has 2 aliphatic heterocycles. The smallest absolute Gasteiger partial charge is 0.0336 e. The average molecular weight is 247 g/mol. The van der Waals surface area contributed by atoms with E-state index in [1.807, 2.05) is 6.21 Å². The lowest BCUT2D eigenvalue weighted by atomic mass is 10.2. The molecule has 1 fully saturated rings. The Bertz CT molecular complexity index is 347. The normalized spacial score (nSPS) is 22.6. The van der Waals surface area contributed by atoms with E-state index in [1.54, 1.807) is 0 Å². The molecule has 0 saturated carbocycles. The lowest BCUT2D eigenvalue weighted by molar-refractivity contribution is 0.141. The largest absolute Gasteiger partial charge is 0.301 e. The SMILES string of the molecule is CCCN1CCN(CC2=CCC=C(C)N=C2)CC1. The molecular weight excluding hydrogens is 222 g/mol. The van der Waals surface area contributed by atoms with Crippen molar-refractivity contribution in [2.45, 2.75) is 26.7 Å². The van der Waals surface area contributed by atoms with Crippen LogP contribution in [0.15, 0.2) is 28.4 Å². The molecule has 2 rings (SSSR count). The zero-order valence-electron chi connectivity index (χ0n) is 11.7. The number of hydrogen-bond acceptors (Lipinski definition) is 3. The molecule has 3 nitrogen and oxygen atoms in total. The summed E-state index contributed by atoms with van der Waals surface area (Å²) in [4.78, 5) is 9.56. The highest BCUT2D eigenvalue weighted by molar-refractivity contribution is 5.80. The Kier molecular flexibility index (Phi) is 5.14. The van der Waals surface area contributed by atoms with Crippen molar-refractivity contribution in [3.63, 3.8) is 0 Å². The summed E-state index contributed by atoms with van der Waals surface area (Å²) < 4.78 is 0. The summed E-state index contributed by atoms with van der Waals surface area (Å²) in [7, 11) is 0. The first kappa shape index (κ1) is 13.5. The molecule has 0 amide bonds. The van der Waals surface area contributed by atoms with Crippen molar-refractivity contribution in [2.24, 2.45) is 4.99 Å². The van der Waals surface area contributed by atoms with Crippen molar-refractivity contribution >= 4 is 6.21 Å². The van der Waals surface area contributed by atoms with Gasteiger partial charge in [0, 0.05) is 44.6 Å². The fourth-order valence-electron chi connectivity index (χ4n) is 2.52. The van der Waals surface area contributed by atoms with Crippen LogP contribution in [0, 0.1) is 0 Å². The summed E-state index contributed by atoms with van der Waals surface area (Å²) in [6.07, 6.45) is 8.82. The van der Waals surface area contributed by atoms with Crippen LogP contribution in [0.25, 0.3) is 0 Å². The van der Waals surface area contributed by atoms with E-state index in [0.717, 1.165) is 18.7 Å². The Morgan fingerprint density at radius 1 is 1.11 bits per heavy atom. The number of hydrogen-bond donors (Lipinski definition) is 0. The molecule has 0 unspecified atom stereocenters. The van der Waals surface area contributed by atoms with E-state index in [0.29, 0.717) is 0 Å². The molecule has 0 N–H and O–H groups in total. The van der Waals surface area contributed by atoms with E-state index in [2.05, 4.69) is 40.8 Å². The number of piperazine rings is 1. The molecule has 0 aromatic heterocycles. The highest BCUT2D eigenvalue weighted by Gasteiger charge is 2.16. The van der Waals surface area contributed by atoms with Crippen LogP contribution >= 0.6 is 0 Å². The zero-order valence-corrected chi connectivity index (χ0v) is 11.7. The van der Waals surface area contributed by atoms with E-state index in [9.17, 15) is 0 Å². The van der Waals surface area contributed by atoms with Gasteiger partial charge in [0.15, 0.2) is 0 Å². The Morgan fingerprint density at radius 2 is 1.83 bits per heavy atom. The maximum Gasteiger partial charge on any atom is 0.0336 e. The topological polar surface area (TPSA) is 18.8 Å². The first-order chi connectivity index (χ1) is 8.78. The Hall–Kier alpha value is -0.930. The first-order valence-corrected chi connectivity index (χ1v) is 7.12. The maximum atomic E-state index is 4.45. The predicted octanol–water partition coefficient (Wildman–Crippen LogP) is 2.32.